The van der Waals surface area contributed by atoms with Crippen molar-refractivity contribution in [3.05, 3.63) is 107 Å². The summed E-state index contributed by atoms with van der Waals surface area (Å²) < 4.78 is 0. The fraction of sp³-hybridized carbons (Fsp3) is 0.296. The van der Waals surface area contributed by atoms with Gasteiger partial charge in [0.2, 0.25) is 0 Å². The maximum Gasteiger partial charge on any atom is 0.317 e. The molecular weight excluding hydrogens is 418 g/mol. The molecular formula is C27H28ClN3O. The third kappa shape index (κ3) is 4.67. The first-order valence-corrected chi connectivity index (χ1v) is 11.7. The number of hydrogen-bond donors (Lipinski definition) is 1. The Hall–Kier alpha value is -2.82. The molecule has 3 atom stereocenters. The second kappa shape index (κ2) is 9.35. The zero-order valence-corrected chi connectivity index (χ0v) is 18.8. The predicted octanol–water partition coefficient (Wildman–Crippen LogP) is 5.31. The Morgan fingerprint density at radius 3 is 2.06 bits per heavy atom. The van der Waals surface area contributed by atoms with Gasteiger partial charge in [-0.25, -0.2) is 4.79 Å². The Kier molecular flexibility index (Phi) is 6.15. The lowest BCUT2D eigenvalue weighted by Crippen LogP contribution is -2.53. The minimum absolute atomic E-state index is 0.0656. The standard InChI is InChI=1S/C27H28ClN3O/c28-23-13-11-22(12-14-23)26(21-9-5-2-6-10-21)30-15-17-31(18-16-30)27(32)29-25-19-24(25)20-7-3-1-4-8-20/h1-14,24-26H,15-19H2,(H,29,32)/t24-,25-,26-/m0/s1. The highest BCUT2D eigenvalue weighted by molar-refractivity contribution is 6.30. The average molecular weight is 446 g/mol. The van der Waals surface area contributed by atoms with Crippen molar-refractivity contribution in [1.82, 2.24) is 15.1 Å². The molecule has 4 nitrogen and oxygen atoms in total. The number of nitrogens with one attached hydrogen (secondary N) is 1. The van der Waals surface area contributed by atoms with Crippen LogP contribution >= 0.6 is 11.6 Å². The van der Waals surface area contributed by atoms with Crippen LogP contribution < -0.4 is 5.32 Å². The normalized spacial score (nSPS) is 21.7. The van der Waals surface area contributed by atoms with Crippen LogP contribution in [-0.2, 0) is 0 Å². The highest BCUT2D eigenvalue weighted by Gasteiger charge is 2.40. The van der Waals surface area contributed by atoms with Crippen LogP contribution in [0.5, 0.6) is 0 Å². The Morgan fingerprint density at radius 1 is 0.812 bits per heavy atom. The third-order valence-corrected chi connectivity index (χ3v) is 6.85. The molecule has 5 rings (SSSR count). The number of nitrogens with zero attached hydrogens (tertiary/aromatic N) is 2. The predicted molar refractivity (Wildman–Crippen MR) is 129 cm³/mol. The van der Waals surface area contributed by atoms with Crippen LogP contribution in [0.3, 0.4) is 0 Å². The molecule has 1 N–H and O–H groups in total. The molecule has 5 heteroatoms. The van der Waals surface area contributed by atoms with Gasteiger partial charge >= 0.3 is 6.03 Å². The maximum atomic E-state index is 12.9. The van der Waals surface area contributed by atoms with Gasteiger partial charge in [0.25, 0.3) is 0 Å². The van der Waals surface area contributed by atoms with E-state index in [-0.39, 0.29) is 18.1 Å². The summed E-state index contributed by atoms with van der Waals surface area (Å²) in [6.07, 6.45) is 1.03. The Morgan fingerprint density at radius 2 is 1.41 bits per heavy atom. The van der Waals surface area contributed by atoms with Crippen molar-refractivity contribution < 1.29 is 4.79 Å². The van der Waals surface area contributed by atoms with Gasteiger partial charge in [0, 0.05) is 43.2 Å². The summed E-state index contributed by atoms with van der Waals surface area (Å²) in [7, 11) is 0. The van der Waals surface area contributed by atoms with E-state index >= 15 is 0 Å². The molecule has 0 spiro atoms. The lowest BCUT2D eigenvalue weighted by Gasteiger charge is -2.39. The van der Waals surface area contributed by atoms with Gasteiger partial charge < -0.3 is 10.2 Å². The number of carbonyl (C=O) groups excluding carboxylic acids is 1. The van der Waals surface area contributed by atoms with E-state index in [1.807, 2.05) is 29.2 Å². The van der Waals surface area contributed by atoms with E-state index in [1.165, 1.54) is 16.7 Å². The topological polar surface area (TPSA) is 35.6 Å². The van der Waals surface area contributed by atoms with Gasteiger partial charge in [0.1, 0.15) is 0 Å². The minimum Gasteiger partial charge on any atom is -0.335 e. The molecule has 1 saturated carbocycles. The smallest absolute Gasteiger partial charge is 0.317 e. The molecule has 1 saturated heterocycles. The number of urea groups is 1. The van der Waals surface area contributed by atoms with Crippen molar-refractivity contribution in [2.75, 3.05) is 26.2 Å². The van der Waals surface area contributed by atoms with E-state index in [4.69, 9.17) is 11.6 Å². The minimum atomic E-state index is 0.0656. The average Bonchev–Trinajstić information content (AvgIpc) is 3.61. The van der Waals surface area contributed by atoms with Crippen molar-refractivity contribution >= 4 is 17.6 Å². The molecule has 2 fully saturated rings. The largest absolute Gasteiger partial charge is 0.335 e. The van der Waals surface area contributed by atoms with E-state index in [0.29, 0.717) is 5.92 Å². The first kappa shape index (κ1) is 21.0. The quantitative estimate of drug-likeness (QED) is 0.577. The van der Waals surface area contributed by atoms with Gasteiger partial charge in [-0.05, 0) is 35.2 Å². The molecule has 1 heterocycles. The Bertz CT molecular complexity index is 1030. The molecule has 164 valence electrons. The molecule has 0 radical (unpaired) electrons. The molecule has 0 unspecified atom stereocenters. The van der Waals surface area contributed by atoms with Gasteiger partial charge in [0.15, 0.2) is 0 Å². The second-order valence-electron chi connectivity index (χ2n) is 8.70. The van der Waals surface area contributed by atoms with E-state index in [1.54, 1.807) is 0 Å². The first-order valence-electron chi connectivity index (χ1n) is 11.3. The van der Waals surface area contributed by atoms with Gasteiger partial charge in [-0.3, -0.25) is 4.90 Å². The van der Waals surface area contributed by atoms with Gasteiger partial charge in [-0.15, -0.1) is 0 Å². The van der Waals surface area contributed by atoms with E-state index in [2.05, 4.69) is 70.9 Å². The van der Waals surface area contributed by atoms with E-state index in [0.717, 1.165) is 37.6 Å². The molecule has 2 aliphatic rings. The lowest BCUT2D eigenvalue weighted by molar-refractivity contribution is 0.120. The van der Waals surface area contributed by atoms with Crippen molar-refractivity contribution in [2.24, 2.45) is 0 Å². The molecule has 0 bridgehead atoms. The first-order chi connectivity index (χ1) is 15.7. The van der Waals surface area contributed by atoms with Crippen molar-refractivity contribution in [2.45, 2.75) is 24.4 Å². The fourth-order valence-electron chi connectivity index (χ4n) is 4.75. The molecule has 1 aliphatic carbocycles. The van der Waals surface area contributed by atoms with E-state index in [9.17, 15) is 4.79 Å². The zero-order valence-electron chi connectivity index (χ0n) is 18.0. The summed E-state index contributed by atoms with van der Waals surface area (Å²) in [5, 5.41) is 3.99. The molecule has 1 aliphatic heterocycles. The lowest BCUT2D eigenvalue weighted by atomic mass is 9.96. The Balaban J connectivity index is 1.22. The SMILES string of the molecule is O=C(N[C@H]1C[C@H]1c1ccccc1)N1CCN([C@@H](c2ccccc2)c2ccc(Cl)cc2)CC1. The highest BCUT2D eigenvalue weighted by atomic mass is 35.5. The van der Waals surface area contributed by atoms with Gasteiger partial charge in [0.05, 0.1) is 6.04 Å². The molecule has 32 heavy (non-hydrogen) atoms. The van der Waals surface area contributed by atoms with Crippen LogP contribution in [0.4, 0.5) is 4.79 Å². The third-order valence-electron chi connectivity index (χ3n) is 6.59. The molecule has 0 aromatic heterocycles. The number of halogens is 1. The highest BCUT2D eigenvalue weighted by Crippen LogP contribution is 2.40. The maximum absolute atomic E-state index is 12.9. The number of amides is 2. The van der Waals surface area contributed by atoms with Crippen molar-refractivity contribution in [1.29, 1.82) is 0 Å². The summed E-state index contributed by atoms with van der Waals surface area (Å²) in [5.41, 5.74) is 3.80. The number of hydrogen-bond acceptors (Lipinski definition) is 2. The molecule has 3 aromatic carbocycles. The van der Waals surface area contributed by atoms with Gasteiger partial charge in [-0.2, -0.15) is 0 Å². The monoisotopic (exact) mass is 445 g/mol. The molecule has 2 amide bonds. The number of rotatable bonds is 5. The van der Waals surface area contributed by atoms with E-state index < -0.39 is 0 Å². The summed E-state index contributed by atoms with van der Waals surface area (Å²) in [5.74, 6) is 0.453. The van der Waals surface area contributed by atoms with Crippen LogP contribution in [0.2, 0.25) is 5.02 Å². The van der Waals surface area contributed by atoms with Crippen LogP contribution in [0.25, 0.3) is 0 Å². The fourth-order valence-corrected chi connectivity index (χ4v) is 4.88. The van der Waals surface area contributed by atoms with Crippen molar-refractivity contribution in [3.63, 3.8) is 0 Å². The summed E-state index contributed by atoms with van der Waals surface area (Å²) in [4.78, 5) is 17.3. The van der Waals surface area contributed by atoms with Crippen LogP contribution in [0.1, 0.15) is 35.1 Å². The summed E-state index contributed by atoms with van der Waals surface area (Å²) >= 11 is 6.13. The number of piperazine rings is 1. The van der Waals surface area contributed by atoms with Crippen LogP contribution in [0, 0.1) is 0 Å². The van der Waals surface area contributed by atoms with Crippen LogP contribution in [-0.4, -0.2) is 48.1 Å². The molecule has 3 aromatic rings. The number of benzene rings is 3. The van der Waals surface area contributed by atoms with Crippen molar-refractivity contribution in [3.8, 4) is 0 Å². The summed E-state index contributed by atoms with van der Waals surface area (Å²) in [6.45, 7) is 3.13. The summed E-state index contributed by atoms with van der Waals surface area (Å²) in [6, 6.07) is 29.6. The second-order valence-corrected chi connectivity index (χ2v) is 9.13. The number of carbonyl (C=O) groups is 1. The zero-order chi connectivity index (χ0) is 21.9. The van der Waals surface area contributed by atoms with Crippen LogP contribution in [0.15, 0.2) is 84.9 Å². The van der Waals surface area contributed by atoms with Gasteiger partial charge in [-0.1, -0.05) is 84.4 Å². The Labute approximate surface area is 194 Å².